The quantitative estimate of drug-likeness (QED) is 0.364. The molecule has 162 valence electrons. The summed E-state index contributed by atoms with van der Waals surface area (Å²) in [7, 11) is 1.95. The third-order valence-corrected chi connectivity index (χ3v) is 5.83. The van der Waals surface area contributed by atoms with Crippen LogP contribution in [0.5, 0.6) is 5.75 Å². The van der Waals surface area contributed by atoms with Gasteiger partial charge in [-0.3, -0.25) is 0 Å². The Morgan fingerprint density at radius 2 is 1.83 bits per heavy atom. The van der Waals surface area contributed by atoms with Gasteiger partial charge < -0.3 is 14.6 Å². The van der Waals surface area contributed by atoms with E-state index in [0.717, 1.165) is 30.0 Å². The second-order valence-corrected chi connectivity index (χ2v) is 8.18. The highest BCUT2D eigenvalue weighted by atomic mass is 16.5. The lowest BCUT2D eigenvalue weighted by molar-refractivity contribution is 0.340. The summed E-state index contributed by atoms with van der Waals surface area (Å²) in [6, 6.07) is 13.0. The number of nitrogens with one attached hydrogen (secondary N) is 1. The van der Waals surface area contributed by atoms with Crippen LogP contribution in [-0.2, 0) is 13.0 Å². The molecule has 30 heavy (non-hydrogen) atoms. The molecule has 1 unspecified atom stereocenters. The number of hydrogen-bond donors (Lipinski definition) is 1. The molecule has 1 aromatic carbocycles. The highest BCUT2D eigenvalue weighted by molar-refractivity contribution is 5.81. The van der Waals surface area contributed by atoms with Gasteiger partial charge in [0.05, 0.1) is 18.5 Å². The smallest absolute Gasteiger partial charge is 0.140 e. The number of unbranched alkanes of at least 4 members (excludes halogenated alkanes) is 1. The summed E-state index contributed by atoms with van der Waals surface area (Å²) >= 11 is 0. The van der Waals surface area contributed by atoms with Crippen LogP contribution < -0.4 is 10.1 Å². The molecule has 4 nitrogen and oxygen atoms in total. The Hall–Kier alpha value is -2.49. The Bertz CT molecular complexity index is 914. The number of benzene rings is 1. The van der Waals surface area contributed by atoms with Crippen LogP contribution in [0.2, 0.25) is 0 Å². The van der Waals surface area contributed by atoms with Gasteiger partial charge in [-0.15, -0.1) is 0 Å². The van der Waals surface area contributed by atoms with E-state index in [4.69, 9.17) is 9.72 Å². The maximum Gasteiger partial charge on any atom is 0.140 e. The first kappa shape index (κ1) is 22.2. The van der Waals surface area contributed by atoms with Crippen molar-refractivity contribution in [2.75, 3.05) is 19.0 Å². The number of aromatic nitrogens is 2. The van der Waals surface area contributed by atoms with Crippen molar-refractivity contribution in [3.8, 4) is 5.75 Å². The van der Waals surface area contributed by atoms with Gasteiger partial charge in [0, 0.05) is 31.1 Å². The number of rotatable bonds is 12. The fourth-order valence-corrected chi connectivity index (χ4v) is 4.25. The zero-order valence-electron chi connectivity index (χ0n) is 19.1. The van der Waals surface area contributed by atoms with Crippen LogP contribution in [0.25, 0.3) is 11.0 Å². The van der Waals surface area contributed by atoms with Gasteiger partial charge in [0.1, 0.15) is 11.4 Å². The third-order valence-electron chi connectivity index (χ3n) is 5.83. The molecule has 0 saturated carbocycles. The van der Waals surface area contributed by atoms with Crippen molar-refractivity contribution in [1.82, 2.24) is 9.55 Å². The number of fused-ring (bicyclic) bond motifs is 1. The maximum absolute atomic E-state index is 5.60. The molecule has 4 heteroatoms. The highest BCUT2D eigenvalue weighted by Gasteiger charge is 2.16. The number of anilines is 1. The van der Waals surface area contributed by atoms with Crippen molar-refractivity contribution < 1.29 is 4.74 Å². The fraction of sp³-hybridized carbons (Fsp3) is 0.500. The summed E-state index contributed by atoms with van der Waals surface area (Å²) in [6.45, 7) is 8.35. The molecule has 0 aliphatic rings. The standard InChI is InChI=1S/C26H37N3O/c1-5-8-10-21(9-6-2)19-29-24(15-20-11-13-25(14-12-20)30-7-3)17-22-16-23(27-4)18-28-26(22)29/h11-14,16-18,21,27H,5-10,15,19H2,1-4H3. The summed E-state index contributed by atoms with van der Waals surface area (Å²) in [5.74, 6) is 1.64. The Morgan fingerprint density at radius 1 is 1.03 bits per heavy atom. The Morgan fingerprint density at radius 3 is 2.50 bits per heavy atom. The van der Waals surface area contributed by atoms with Crippen molar-refractivity contribution >= 4 is 16.7 Å². The van der Waals surface area contributed by atoms with E-state index in [2.05, 4.69) is 60.1 Å². The second-order valence-electron chi connectivity index (χ2n) is 8.18. The van der Waals surface area contributed by atoms with Crippen molar-refractivity contribution in [2.24, 2.45) is 5.92 Å². The maximum atomic E-state index is 5.60. The predicted molar refractivity (Wildman–Crippen MR) is 128 cm³/mol. The van der Waals surface area contributed by atoms with Crippen molar-refractivity contribution in [1.29, 1.82) is 0 Å². The van der Waals surface area contributed by atoms with Crippen molar-refractivity contribution in [2.45, 2.75) is 65.8 Å². The average molecular weight is 408 g/mol. The summed E-state index contributed by atoms with van der Waals surface area (Å²) < 4.78 is 8.08. The second kappa shape index (κ2) is 11.1. The Balaban J connectivity index is 1.93. The van der Waals surface area contributed by atoms with Crippen LogP contribution in [0.1, 0.15) is 64.1 Å². The Labute approximate surface area is 181 Å². The van der Waals surface area contributed by atoms with Gasteiger partial charge in [-0.1, -0.05) is 45.2 Å². The van der Waals surface area contributed by atoms with E-state index >= 15 is 0 Å². The van der Waals surface area contributed by atoms with E-state index in [9.17, 15) is 0 Å². The number of pyridine rings is 1. The number of nitrogens with zero attached hydrogens (tertiary/aromatic N) is 2. The molecule has 0 aliphatic heterocycles. The van der Waals surface area contributed by atoms with Crippen LogP contribution in [0.4, 0.5) is 5.69 Å². The van der Waals surface area contributed by atoms with Gasteiger partial charge in [0.25, 0.3) is 0 Å². The van der Waals surface area contributed by atoms with Gasteiger partial charge in [0.2, 0.25) is 0 Å². The lowest BCUT2D eigenvalue weighted by Gasteiger charge is -2.19. The van der Waals surface area contributed by atoms with Gasteiger partial charge in [-0.05, 0) is 55.5 Å². The lowest BCUT2D eigenvalue weighted by atomic mass is 9.97. The largest absolute Gasteiger partial charge is 0.494 e. The molecule has 0 amide bonds. The van der Waals surface area contributed by atoms with Gasteiger partial charge in [0.15, 0.2) is 0 Å². The monoisotopic (exact) mass is 407 g/mol. The minimum Gasteiger partial charge on any atom is -0.494 e. The fourth-order valence-electron chi connectivity index (χ4n) is 4.25. The molecule has 3 rings (SSSR count). The normalized spacial score (nSPS) is 12.3. The van der Waals surface area contributed by atoms with E-state index in [1.54, 1.807) is 0 Å². The van der Waals surface area contributed by atoms with Gasteiger partial charge >= 0.3 is 0 Å². The summed E-state index contributed by atoms with van der Waals surface area (Å²) in [4.78, 5) is 4.83. The van der Waals surface area contributed by atoms with E-state index in [1.165, 1.54) is 48.7 Å². The zero-order chi connectivity index (χ0) is 21.3. The molecule has 3 aromatic rings. The molecule has 0 radical (unpaired) electrons. The molecular formula is C26H37N3O. The van der Waals surface area contributed by atoms with Crippen LogP contribution in [0.15, 0.2) is 42.6 Å². The first-order chi connectivity index (χ1) is 14.7. The molecule has 0 bridgehead atoms. The summed E-state index contributed by atoms with van der Waals surface area (Å²) in [5.41, 5.74) is 4.81. The molecular weight excluding hydrogens is 370 g/mol. The van der Waals surface area contributed by atoms with E-state index in [0.29, 0.717) is 12.5 Å². The SMILES string of the molecule is CCCCC(CCC)Cn1c(Cc2ccc(OCC)cc2)cc2cc(NC)cnc21. The first-order valence-electron chi connectivity index (χ1n) is 11.6. The van der Waals surface area contributed by atoms with Crippen LogP contribution >= 0.6 is 0 Å². The van der Waals surface area contributed by atoms with E-state index < -0.39 is 0 Å². The highest BCUT2D eigenvalue weighted by Crippen LogP contribution is 2.27. The minimum atomic E-state index is 0.698. The minimum absolute atomic E-state index is 0.698. The molecule has 0 fully saturated rings. The van der Waals surface area contributed by atoms with E-state index in [-0.39, 0.29) is 0 Å². The molecule has 0 spiro atoms. The predicted octanol–water partition coefficient (Wildman–Crippen LogP) is 6.67. The van der Waals surface area contributed by atoms with Crippen LogP contribution in [0.3, 0.4) is 0 Å². The van der Waals surface area contributed by atoms with Gasteiger partial charge in [-0.2, -0.15) is 0 Å². The first-order valence-corrected chi connectivity index (χ1v) is 11.6. The lowest BCUT2D eigenvalue weighted by Crippen LogP contribution is -2.14. The van der Waals surface area contributed by atoms with Gasteiger partial charge in [-0.25, -0.2) is 4.98 Å². The molecule has 1 N–H and O–H groups in total. The molecule has 0 aliphatic carbocycles. The topological polar surface area (TPSA) is 39.1 Å². The molecule has 2 heterocycles. The molecule has 1 atom stereocenters. The Kier molecular flexibility index (Phi) is 8.18. The van der Waals surface area contributed by atoms with Crippen molar-refractivity contribution in [3.05, 3.63) is 53.9 Å². The number of ether oxygens (including phenoxy) is 1. The average Bonchev–Trinajstić information content (AvgIpc) is 3.09. The summed E-state index contributed by atoms with van der Waals surface area (Å²) in [6.07, 6.45) is 9.21. The van der Waals surface area contributed by atoms with Crippen molar-refractivity contribution in [3.63, 3.8) is 0 Å². The molecule has 2 aromatic heterocycles. The summed E-state index contributed by atoms with van der Waals surface area (Å²) in [5, 5.41) is 4.44. The number of hydrogen-bond acceptors (Lipinski definition) is 3. The zero-order valence-corrected chi connectivity index (χ0v) is 19.1. The van der Waals surface area contributed by atoms with E-state index in [1.807, 2.05) is 20.2 Å². The van der Waals surface area contributed by atoms with Crippen LogP contribution in [0, 0.1) is 5.92 Å². The van der Waals surface area contributed by atoms with Crippen LogP contribution in [-0.4, -0.2) is 23.2 Å². The third kappa shape index (κ3) is 5.56. The molecule has 0 saturated heterocycles.